The molecule has 0 amide bonds. The van der Waals surface area contributed by atoms with Crippen LogP contribution in [0.3, 0.4) is 0 Å². The molecule has 0 heterocycles. The van der Waals surface area contributed by atoms with Gasteiger partial charge in [-0.3, -0.25) is 0 Å². The summed E-state index contributed by atoms with van der Waals surface area (Å²) < 4.78 is 5.56. The summed E-state index contributed by atoms with van der Waals surface area (Å²) in [5.74, 6) is 0.699. The Bertz CT molecular complexity index is 442. The summed E-state index contributed by atoms with van der Waals surface area (Å²) in [6, 6.07) is 5.42. The van der Waals surface area contributed by atoms with Gasteiger partial charge < -0.3 is 20.3 Å². The van der Waals surface area contributed by atoms with E-state index < -0.39 is 6.10 Å². The minimum absolute atomic E-state index is 0.133. The summed E-state index contributed by atoms with van der Waals surface area (Å²) in [5.41, 5.74) is 0.787. The molecule has 21 heavy (non-hydrogen) atoms. The van der Waals surface area contributed by atoms with E-state index in [0.717, 1.165) is 12.0 Å². The number of ether oxygens (including phenoxy) is 1. The Balaban J connectivity index is 2.40. The molecular formula is C16H26ClNO3. The number of β-amino-alcohol motifs (C(OH)–C–C–N with tert-alkyl or cyclic N) is 1. The van der Waals surface area contributed by atoms with Gasteiger partial charge in [0, 0.05) is 23.7 Å². The third-order valence-electron chi connectivity index (χ3n) is 3.78. The normalized spacial score (nSPS) is 15.5. The summed E-state index contributed by atoms with van der Waals surface area (Å²) in [4.78, 5) is 0. The fourth-order valence-corrected chi connectivity index (χ4v) is 2.08. The van der Waals surface area contributed by atoms with E-state index in [1.165, 1.54) is 0 Å². The minimum Gasteiger partial charge on any atom is -0.491 e. The lowest BCUT2D eigenvalue weighted by Gasteiger charge is -2.30. The van der Waals surface area contributed by atoms with Gasteiger partial charge in [0.2, 0.25) is 0 Å². The molecule has 4 nitrogen and oxygen atoms in total. The number of aliphatic hydroxyl groups excluding tert-OH is 2. The Hall–Kier alpha value is -0.810. The monoisotopic (exact) mass is 315 g/mol. The molecule has 0 radical (unpaired) electrons. The van der Waals surface area contributed by atoms with Crippen LogP contribution in [0.5, 0.6) is 5.75 Å². The van der Waals surface area contributed by atoms with E-state index in [0.29, 0.717) is 23.7 Å². The number of aliphatic hydroxyl groups is 2. The molecule has 0 aromatic heterocycles. The van der Waals surface area contributed by atoms with Crippen LogP contribution in [0.1, 0.15) is 32.3 Å². The molecule has 1 aromatic carbocycles. The van der Waals surface area contributed by atoms with Crippen LogP contribution < -0.4 is 10.1 Å². The van der Waals surface area contributed by atoms with Crippen molar-refractivity contribution in [2.75, 3.05) is 19.8 Å². The second kappa shape index (κ2) is 8.59. The molecule has 120 valence electrons. The molecule has 1 aromatic rings. The highest BCUT2D eigenvalue weighted by atomic mass is 35.5. The molecule has 0 aliphatic rings. The van der Waals surface area contributed by atoms with Crippen LogP contribution >= 0.6 is 11.6 Å². The van der Waals surface area contributed by atoms with E-state index in [-0.39, 0.29) is 18.8 Å². The fourth-order valence-electron chi connectivity index (χ4n) is 1.96. The Morgan fingerprint density at radius 3 is 2.71 bits per heavy atom. The Kier molecular flexibility index (Phi) is 7.46. The topological polar surface area (TPSA) is 61.7 Å². The first-order chi connectivity index (χ1) is 9.90. The zero-order valence-electron chi connectivity index (χ0n) is 13.0. The zero-order chi connectivity index (χ0) is 15.9. The van der Waals surface area contributed by atoms with Gasteiger partial charge in [0.25, 0.3) is 0 Å². The van der Waals surface area contributed by atoms with Crippen molar-refractivity contribution >= 4 is 11.6 Å². The van der Waals surface area contributed by atoms with Crippen LogP contribution in [-0.2, 0) is 0 Å². The first-order valence-electron chi connectivity index (χ1n) is 7.33. The Labute approximate surface area is 132 Å². The first kappa shape index (κ1) is 18.2. The predicted octanol–water partition coefficient (Wildman–Crippen LogP) is 2.53. The number of rotatable bonds is 9. The van der Waals surface area contributed by atoms with Gasteiger partial charge in [0.05, 0.1) is 0 Å². The molecule has 2 unspecified atom stereocenters. The van der Waals surface area contributed by atoms with Gasteiger partial charge in [-0.15, -0.1) is 0 Å². The highest BCUT2D eigenvalue weighted by Gasteiger charge is 2.21. The quantitative estimate of drug-likeness (QED) is 0.655. The summed E-state index contributed by atoms with van der Waals surface area (Å²) in [5, 5.41) is 23.0. The highest BCUT2D eigenvalue weighted by Crippen LogP contribution is 2.21. The smallest absolute Gasteiger partial charge is 0.119 e. The lowest BCUT2D eigenvalue weighted by molar-refractivity contribution is 0.0934. The number of aryl methyl sites for hydroxylation is 1. The molecule has 2 atom stereocenters. The second-order valence-electron chi connectivity index (χ2n) is 5.64. The van der Waals surface area contributed by atoms with Gasteiger partial charge in [0.15, 0.2) is 0 Å². The molecule has 0 aliphatic carbocycles. The number of hydrogen-bond acceptors (Lipinski definition) is 4. The summed E-state index contributed by atoms with van der Waals surface area (Å²) in [7, 11) is 0. The van der Waals surface area contributed by atoms with Gasteiger partial charge in [-0.2, -0.15) is 0 Å². The number of nitrogens with one attached hydrogen (secondary N) is 1. The van der Waals surface area contributed by atoms with Gasteiger partial charge in [-0.05, 0) is 50.5 Å². The third-order valence-corrected chi connectivity index (χ3v) is 4.20. The summed E-state index contributed by atoms with van der Waals surface area (Å²) in [6.45, 7) is 6.79. The van der Waals surface area contributed by atoms with Crippen LogP contribution in [0.15, 0.2) is 18.2 Å². The Morgan fingerprint density at radius 1 is 1.43 bits per heavy atom. The van der Waals surface area contributed by atoms with Gasteiger partial charge in [-0.25, -0.2) is 0 Å². The minimum atomic E-state index is -0.606. The van der Waals surface area contributed by atoms with Crippen LogP contribution in [0.2, 0.25) is 5.02 Å². The van der Waals surface area contributed by atoms with Crippen molar-refractivity contribution in [2.24, 2.45) is 0 Å². The Morgan fingerprint density at radius 2 is 2.14 bits per heavy atom. The van der Waals surface area contributed by atoms with Crippen LogP contribution in [0.25, 0.3) is 0 Å². The maximum Gasteiger partial charge on any atom is 0.119 e. The molecule has 0 saturated heterocycles. The van der Waals surface area contributed by atoms with Crippen molar-refractivity contribution in [3.05, 3.63) is 28.8 Å². The van der Waals surface area contributed by atoms with E-state index in [1.54, 1.807) is 12.1 Å². The van der Waals surface area contributed by atoms with Crippen LogP contribution in [-0.4, -0.2) is 41.6 Å². The summed E-state index contributed by atoms with van der Waals surface area (Å²) >= 11 is 5.95. The number of halogens is 1. The molecule has 0 spiro atoms. The molecule has 3 N–H and O–H groups in total. The van der Waals surface area contributed by atoms with E-state index in [1.807, 2.05) is 19.9 Å². The van der Waals surface area contributed by atoms with Crippen molar-refractivity contribution in [3.8, 4) is 5.75 Å². The third kappa shape index (κ3) is 6.22. The van der Waals surface area contributed by atoms with Crippen molar-refractivity contribution in [1.82, 2.24) is 5.32 Å². The highest BCUT2D eigenvalue weighted by molar-refractivity contribution is 6.31. The predicted molar refractivity (Wildman–Crippen MR) is 86.1 cm³/mol. The van der Waals surface area contributed by atoms with Crippen molar-refractivity contribution in [3.63, 3.8) is 0 Å². The molecular weight excluding hydrogens is 290 g/mol. The number of benzene rings is 1. The molecule has 0 fully saturated rings. The van der Waals surface area contributed by atoms with Crippen molar-refractivity contribution < 1.29 is 14.9 Å². The fraction of sp³-hybridized carbons (Fsp3) is 0.625. The molecule has 0 aliphatic heterocycles. The first-order valence-corrected chi connectivity index (χ1v) is 7.71. The zero-order valence-corrected chi connectivity index (χ0v) is 13.8. The number of hydrogen-bond donors (Lipinski definition) is 3. The second-order valence-corrected chi connectivity index (χ2v) is 6.05. The van der Waals surface area contributed by atoms with Gasteiger partial charge >= 0.3 is 0 Å². The van der Waals surface area contributed by atoms with Crippen LogP contribution in [0.4, 0.5) is 0 Å². The van der Waals surface area contributed by atoms with E-state index in [2.05, 4.69) is 12.2 Å². The summed E-state index contributed by atoms with van der Waals surface area (Å²) in [6.07, 6.45) is 0.941. The largest absolute Gasteiger partial charge is 0.491 e. The standard InChI is InChI=1S/C16H26ClNO3/c1-4-16(3,7-8-19)18-10-13(20)11-21-14-5-6-15(17)12(2)9-14/h5-6,9,13,18-20H,4,7-8,10-11H2,1-3H3. The average Bonchev–Trinajstić information content (AvgIpc) is 2.46. The maximum atomic E-state index is 9.99. The van der Waals surface area contributed by atoms with Crippen molar-refractivity contribution in [2.45, 2.75) is 45.3 Å². The lowest BCUT2D eigenvalue weighted by atomic mass is 9.95. The lowest BCUT2D eigenvalue weighted by Crippen LogP contribution is -2.47. The molecule has 0 bridgehead atoms. The van der Waals surface area contributed by atoms with E-state index >= 15 is 0 Å². The van der Waals surface area contributed by atoms with E-state index in [9.17, 15) is 5.11 Å². The SMILES string of the molecule is CCC(C)(CCO)NCC(O)COc1ccc(Cl)c(C)c1. The van der Waals surface area contributed by atoms with Crippen molar-refractivity contribution in [1.29, 1.82) is 0 Å². The molecule has 1 rings (SSSR count). The van der Waals surface area contributed by atoms with Crippen LogP contribution in [0, 0.1) is 6.92 Å². The van der Waals surface area contributed by atoms with Gasteiger partial charge in [-0.1, -0.05) is 18.5 Å². The van der Waals surface area contributed by atoms with Gasteiger partial charge in [0.1, 0.15) is 18.5 Å². The maximum absolute atomic E-state index is 9.99. The van der Waals surface area contributed by atoms with E-state index in [4.69, 9.17) is 21.4 Å². The molecule has 5 heteroatoms. The average molecular weight is 316 g/mol. The molecule has 0 saturated carbocycles.